The van der Waals surface area contributed by atoms with Crippen molar-refractivity contribution < 1.29 is 23.0 Å². The Labute approximate surface area is 258 Å². The Morgan fingerprint density at radius 2 is 2.02 bits per heavy atom. The number of benzene rings is 3. The molecule has 4 aliphatic heterocycles. The molecular weight excluding hydrogens is 591 g/mol. The summed E-state index contributed by atoms with van der Waals surface area (Å²) in [5.41, 5.74) is -0.900. The minimum atomic E-state index is -0.920. The van der Waals surface area contributed by atoms with Gasteiger partial charge in [0.15, 0.2) is 5.82 Å². The van der Waals surface area contributed by atoms with Gasteiger partial charge in [-0.25, -0.2) is 13.2 Å². The van der Waals surface area contributed by atoms with Crippen molar-refractivity contribution in [3.63, 3.8) is 0 Å². The molecule has 4 atom stereocenters. The third-order valence-electron chi connectivity index (χ3n) is 10.1. The number of alkyl halides is 1. The minimum absolute atomic E-state index is 0.0256. The molecule has 2 bridgehead atoms. The van der Waals surface area contributed by atoms with Gasteiger partial charge in [0.25, 0.3) is 0 Å². The number of piperazine rings is 1. The standard InChI is InChI=1S/C33H33ClF3N5O2/c1-32-8-6-20(40-32)15-41(16-32)30-23-12-25(36)27(22-11-21(43)10-18-4-2-5-24(34)26(18)22)28(37)29(23)38-31(39-30)44-17-33-7-3-9-42(33)14-19(35)13-33/h2,4-5,10-12,19-20,40,43H,3,6-9,13-17H2,1H3/t19-,20?,32+,33+/m1/s1. The second-order valence-corrected chi connectivity index (χ2v) is 13.7. The van der Waals surface area contributed by atoms with Crippen LogP contribution in [0.1, 0.15) is 39.0 Å². The number of rotatable bonds is 5. The van der Waals surface area contributed by atoms with Crippen molar-refractivity contribution in [2.75, 3.05) is 37.7 Å². The van der Waals surface area contributed by atoms with Crippen LogP contribution in [0.4, 0.5) is 19.0 Å². The number of phenols is 1. The van der Waals surface area contributed by atoms with Crippen molar-refractivity contribution in [1.82, 2.24) is 20.2 Å². The van der Waals surface area contributed by atoms with Crippen LogP contribution in [-0.4, -0.2) is 76.1 Å². The summed E-state index contributed by atoms with van der Waals surface area (Å²) < 4.78 is 53.6. The van der Waals surface area contributed by atoms with E-state index < -0.39 is 23.3 Å². The number of hydrogen-bond acceptors (Lipinski definition) is 7. The molecule has 3 aromatic carbocycles. The Morgan fingerprint density at radius 1 is 1.16 bits per heavy atom. The van der Waals surface area contributed by atoms with Gasteiger partial charge in [-0.15, -0.1) is 0 Å². The number of phenolic OH excluding ortho intramolecular Hbond substituents is 1. The van der Waals surface area contributed by atoms with Gasteiger partial charge < -0.3 is 20.1 Å². The molecule has 0 spiro atoms. The zero-order chi connectivity index (χ0) is 30.4. The molecule has 5 heterocycles. The minimum Gasteiger partial charge on any atom is -0.508 e. The van der Waals surface area contributed by atoms with Crippen LogP contribution in [0.25, 0.3) is 32.8 Å². The second-order valence-electron chi connectivity index (χ2n) is 13.3. The van der Waals surface area contributed by atoms with E-state index in [4.69, 9.17) is 21.3 Å². The number of anilines is 1. The molecule has 4 saturated heterocycles. The van der Waals surface area contributed by atoms with E-state index >= 15 is 8.78 Å². The number of hydrogen-bond donors (Lipinski definition) is 2. The Morgan fingerprint density at radius 3 is 2.86 bits per heavy atom. The topological polar surface area (TPSA) is 73.8 Å². The smallest absolute Gasteiger partial charge is 0.319 e. The number of aromatic hydroxyl groups is 1. The number of ether oxygens (including phenoxy) is 1. The fourth-order valence-corrected chi connectivity index (χ4v) is 8.51. The summed E-state index contributed by atoms with van der Waals surface area (Å²) in [6, 6.07) is 9.37. The van der Waals surface area contributed by atoms with E-state index in [0.717, 1.165) is 32.2 Å². The van der Waals surface area contributed by atoms with Crippen molar-refractivity contribution in [3.8, 4) is 22.9 Å². The Balaban J connectivity index is 1.29. The summed E-state index contributed by atoms with van der Waals surface area (Å²) in [4.78, 5) is 13.5. The van der Waals surface area contributed by atoms with E-state index in [1.165, 1.54) is 18.2 Å². The lowest BCUT2D eigenvalue weighted by Crippen LogP contribution is -2.58. The third kappa shape index (κ3) is 4.48. The van der Waals surface area contributed by atoms with Crippen LogP contribution in [0.5, 0.6) is 11.8 Å². The number of fused-ring (bicyclic) bond motifs is 5. The molecular formula is C33H33ClF3N5O2. The maximum Gasteiger partial charge on any atom is 0.319 e. The molecule has 8 rings (SSSR count). The van der Waals surface area contributed by atoms with Gasteiger partial charge in [-0.2, -0.15) is 9.97 Å². The van der Waals surface area contributed by atoms with Gasteiger partial charge in [-0.1, -0.05) is 23.7 Å². The SMILES string of the molecule is C[C@]12CCC(CN(c3nc(OC[C@@]45CCCN4C[C@H](F)C5)nc4c(F)c(-c5cc(O)cc6cccc(Cl)c56)c(F)cc34)C1)N2. The Bertz CT molecular complexity index is 1830. The van der Waals surface area contributed by atoms with Crippen LogP contribution >= 0.6 is 11.6 Å². The molecule has 44 heavy (non-hydrogen) atoms. The van der Waals surface area contributed by atoms with Gasteiger partial charge in [0, 0.05) is 59.0 Å². The zero-order valence-corrected chi connectivity index (χ0v) is 25.1. The molecule has 7 nitrogen and oxygen atoms in total. The molecule has 11 heteroatoms. The summed E-state index contributed by atoms with van der Waals surface area (Å²) in [6.07, 6.45) is 3.21. The molecule has 4 fully saturated rings. The lowest BCUT2D eigenvalue weighted by Gasteiger charge is -2.40. The lowest BCUT2D eigenvalue weighted by molar-refractivity contribution is 0.107. The van der Waals surface area contributed by atoms with E-state index in [2.05, 4.69) is 27.0 Å². The number of halogens is 4. The first kappa shape index (κ1) is 28.2. The molecule has 0 amide bonds. The largest absolute Gasteiger partial charge is 0.508 e. The Hall–Kier alpha value is -3.34. The monoisotopic (exact) mass is 623 g/mol. The molecule has 230 valence electrons. The number of nitrogens with zero attached hydrogens (tertiary/aromatic N) is 4. The maximum absolute atomic E-state index is 16.8. The van der Waals surface area contributed by atoms with E-state index in [9.17, 15) is 9.50 Å². The molecule has 4 aromatic rings. The Kier molecular flexibility index (Phi) is 6.45. The summed E-state index contributed by atoms with van der Waals surface area (Å²) in [5.74, 6) is -1.45. The fraction of sp³-hybridized carbons (Fsp3) is 0.455. The van der Waals surface area contributed by atoms with Crippen LogP contribution in [0.2, 0.25) is 5.02 Å². The third-order valence-corrected chi connectivity index (χ3v) is 10.4. The summed E-state index contributed by atoms with van der Waals surface area (Å²) in [7, 11) is 0. The quantitative estimate of drug-likeness (QED) is 0.268. The average Bonchev–Trinajstić information content (AvgIpc) is 3.59. The highest BCUT2D eigenvalue weighted by molar-refractivity contribution is 6.36. The summed E-state index contributed by atoms with van der Waals surface area (Å²) in [5, 5.41) is 15.7. The molecule has 0 saturated carbocycles. The first-order valence-corrected chi connectivity index (χ1v) is 15.7. The van der Waals surface area contributed by atoms with E-state index in [0.29, 0.717) is 47.7 Å². The highest BCUT2D eigenvalue weighted by Gasteiger charge is 2.49. The van der Waals surface area contributed by atoms with Crippen molar-refractivity contribution in [3.05, 3.63) is 53.1 Å². The molecule has 4 aliphatic rings. The van der Waals surface area contributed by atoms with Gasteiger partial charge in [-0.3, -0.25) is 4.90 Å². The van der Waals surface area contributed by atoms with Gasteiger partial charge in [0.1, 0.15) is 35.7 Å². The van der Waals surface area contributed by atoms with Gasteiger partial charge in [0.2, 0.25) is 0 Å². The first-order chi connectivity index (χ1) is 21.1. The van der Waals surface area contributed by atoms with Gasteiger partial charge >= 0.3 is 6.01 Å². The second kappa shape index (κ2) is 10.1. The van der Waals surface area contributed by atoms with Crippen LogP contribution in [0.15, 0.2) is 36.4 Å². The number of aromatic nitrogens is 2. The van der Waals surface area contributed by atoms with E-state index in [-0.39, 0.29) is 52.0 Å². The van der Waals surface area contributed by atoms with Crippen LogP contribution in [0, 0.1) is 11.6 Å². The van der Waals surface area contributed by atoms with E-state index in [1.54, 1.807) is 18.2 Å². The summed E-state index contributed by atoms with van der Waals surface area (Å²) in [6.45, 7) is 4.76. The fourth-order valence-electron chi connectivity index (χ4n) is 8.23. The van der Waals surface area contributed by atoms with Crippen LogP contribution in [-0.2, 0) is 0 Å². The summed E-state index contributed by atoms with van der Waals surface area (Å²) >= 11 is 6.53. The van der Waals surface area contributed by atoms with Crippen molar-refractivity contribution in [2.24, 2.45) is 0 Å². The van der Waals surface area contributed by atoms with Crippen molar-refractivity contribution in [2.45, 2.75) is 62.3 Å². The van der Waals surface area contributed by atoms with E-state index in [1.807, 2.05) is 0 Å². The highest BCUT2D eigenvalue weighted by atomic mass is 35.5. The zero-order valence-electron chi connectivity index (χ0n) is 24.3. The van der Waals surface area contributed by atoms with Gasteiger partial charge in [-0.05, 0) is 68.8 Å². The average molecular weight is 624 g/mol. The molecule has 2 N–H and O–H groups in total. The normalized spacial score (nSPS) is 28.3. The molecule has 1 unspecified atom stereocenters. The predicted octanol–water partition coefficient (Wildman–Crippen LogP) is 6.37. The highest BCUT2D eigenvalue weighted by Crippen LogP contribution is 2.44. The van der Waals surface area contributed by atoms with Crippen LogP contribution in [0.3, 0.4) is 0 Å². The predicted molar refractivity (Wildman–Crippen MR) is 164 cm³/mol. The van der Waals surface area contributed by atoms with Crippen LogP contribution < -0.4 is 15.0 Å². The lowest BCUT2D eigenvalue weighted by atomic mass is 9.95. The maximum atomic E-state index is 16.8. The first-order valence-electron chi connectivity index (χ1n) is 15.3. The molecule has 1 aromatic heterocycles. The number of nitrogens with one attached hydrogen (secondary N) is 1. The van der Waals surface area contributed by atoms with Gasteiger partial charge in [0.05, 0.1) is 11.1 Å². The molecule has 0 aliphatic carbocycles. The van der Waals surface area contributed by atoms with Crippen molar-refractivity contribution >= 4 is 39.1 Å². The van der Waals surface area contributed by atoms with Crippen molar-refractivity contribution in [1.29, 1.82) is 0 Å². The molecule has 0 radical (unpaired) electrons.